The first-order valence-corrected chi connectivity index (χ1v) is 9.69. The van der Waals surface area contributed by atoms with Crippen molar-refractivity contribution in [2.45, 2.75) is 13.0 Å². The fourth-order valence-electron chi connectivity index (χ4n) is 2.62. The molecule has 3 rings (SSSR count). The fourth-order valence-corrected chi connectivity index (χ4v) is 3.69. The normalized spacial score (nSPS) is 11.7. The Morgan fingerprint density at radius 3 is 2.28 bits per heavy atom. The number of carbonyl (C=O) groups is 3. The van der Waals surface area contributed by atoms with Crippen LogP contribution < -0.4 is 0 Å². The number of likely N-dealkylation sites (N-methyl/N-ethyl adjacent to an activating group) is 1. The molecular weight excluding hydrogens is 392 g/mol. The molecule has 0 N–H and O–H groups in total. The van der Waals surface area contributed by atoms with Gasteiger partial charge >= 0.3 is 11.9 Å². The van der Waals surface area contributed by atoms with E-state index in [0.29, 0.717) is 5.56 Å². The van der Waals surface area contributed by atoms with Crippen molar-refractivity contribution in [3.63, 3.8) is 0 Å². The van der Waals surface area contributed by atoms with Crippen LogP contribution in [0.1, 0.15) is 38.7 Å². The van der Waals surface area contributed by atoms with Gasteiger partial charge < -0.3 is 14.4 Å². The zero-order valence-electron chi connectivity index (χ0n) is 16.2. The highest BCUT2D eigenvalue weighted by Crippen LogP contribution is 2.28. The van der Waals surface area contributed by atoms with Crippen molar-refractivity contribution in [3.8, 4) is 0 Å². The average Bonchev–Trinajstić information content (AvgIpc) is 3.20. The van der Waals surface area contributed by atoms with Crippen LogP contribution >= 0.6 is 11.3 Å². The predicted molar refractivity (Wildman–Crippen MR) is 109 cm³/mol. The van der Waals surface area contributed by atoms with Gasteiger partial charge in [0.25, 0.3) is 5.91 Å². The quantitative estimate of drug-likeness (QED) is 0.577. The Morgan fingerprint density at radius 1 is 1.03 bits per heavy atom. The molecule has 0 bridgehead atoms. The monoisotopic (exact) mass is 412 g/mol. The van der Waals surface area contributed by atoms with Gasteiger partial charge in [0.15, 0.2) is 6.61 Å². The van der Waals surface area contributed by atoms with E-state index in [2.05, 4.69) is 9.72 Å². The van der Waals surface area contributed by atoms with Crippen LogP contribution in [0.2, 0.25) is 0 Å². The van der Waals surface area contributed by atoms with Crippen LogP contribution in [0, 0.1) is 0 Å². The molecule has 0 saturated heterocycles. The van der Waals surface area contributed by atoms with E-state index < -0.39 is 11.9 Å². The van der Waals surface area contributed by atoms with Gasteiger partial charge in [0.2, 0.25) is 0 Å². The molecule has 2 aromatic carbocycles. The zero-order chi connectivity index (χ0) is 21.0. The lowest BCUT2D eigenvalue weighted by molar-refractivity contribution is -0.135. The maximum atomic E-state index is 12.5. The number of fused-ring (bicyclic) bond motifs is 1. The molecule has 0 radical (unpaired) electrons. The van der Waals surface area contributed by atoms with Crippen LogP contribution in [0.3, 0.4) is 0 Å². The molecule has 29 heavy (non-hydrogen) atoms. The highest BCUT2D eigenvalue weighted by Gasteiger charge is 2.22. The Morgan fingerprint density at radius 2 is 1.66 bits per heavy atom. The van der Waals surface area contributed by atoms with Crippen LogP contribution in [0.25, 0.3) is 10.2 Å². The molecule has 0 aliphatic carbocycles. The number of ether oxygens (including phenoxy) is 2. The molecule has 1 aromatic heterocycles. The van der Waals surface area contributed by atoms with Crippen LogP contribution in [-0.4, -0.2) is 48.5 Å². The van der Waals surface area contributed by atoms with Crippen molar-refractivity contribution in [3.05, 3.63) is 64.7 Å². The number of hydrogen-bond acceptors (Lipinski definition) is 7. The summed E-state index contributed by atoms with van der Waals surface area (Å²) in [5.41, 5.74) is 1.46. The lowest BCUT2D eigenvalue weighted by atomic mass is 10.1. The number of hydrogen-bond donors (Lipinski definition) is 0. The number of methoxy groups -OCH3 is 1. The molecule has 7 nitrogen and oxygen atoms in total. The molecule has 0 aliphatic rings. The van der Waals surface area contributed by atoms with E-state index in [9.17, 15) is 14.4 Å². The highest BCUT2D eigenvalue weighted by molar-refractivity contribution is 7.18. The number of carbonyl (C=O) groups excluding carboxylic acids is 3. The molecule has 1 amide bonds. The smallest absolute Gasteiger partial charge is 0.338 e. The summed E-state index contributed by atoms with van der Waals surface area (Å²) in [6.07, 6.45) is 0. The van der Waals surface area contributed by atoms with Crippen molar-refractivity contribution < 1.29 is 23.9 Å². The second-order valence-corrected chi connectivity index (χ2v) is 7.41. The molecule has 8 heteroatoms. The van der Waals surface area contributed by atoms with Gasteiger partial charge in [0.1, 0.15) is 5.01 Å². The molecule has 150 valence electrons. The lowest BCUT2D eigenvalue weighted by Crippen LogP contribution is -2.33. The summed E-state index contributed by atoms with van der Waals surface area (Å²) in [5.74, 6) is -1.47. The average molecular weight is 412 g/mol. The van der Waals surface area contributed by atoms with E-state index in [1.54, 1.807) is 7.05 Å². The molecule has 1 heterocycles. The molecule has 0 fully saturated rings. The van der Waals surface area contributed by atoms with Crippen molar-refractivity contribution >= 4 is 39.4 Å². The van der Waals surface area contributed by atoms with Gasteiger partial charge in [0.05, 0.1) is 34.5 Å². The van der Waals surface area contributed by atoms with Gasteiger partial charge in [-0.3, -0.25) is 4.79 Å². The highest BCUT2D eigenvalue weighted by atomic mass is 32.1. The van der Waals surface area contributed by atoms with E-state index in [1.165, 1.54) is 47.6 Å². The third kappa shape index (κ3) is 4.60. The minimum atomic E-state index is -0.643. The number of nitrogens with zero attached hydrogens (tertiary/aromatic N) is 2. The summed E-state index contributed by atoms with van der Waals surface area (Å²) in [6, 6.07) is 13.4. The van der Waals surface area contributed by atoms with E-state index in [-0.39, 0.29) is 24.1 Å². The minimum absolute atomic E-state index is 0.243. The zero-order valence-corrected chi connectivity index (χ0v) is 17.1. The number of amides is 1. The summed E-state index contributed by atoms with van der Waals surface area (Å²) in [6.45, 7) is 1.49. The van der Waals surface area contributed by atoms with Crippen molar-refractivity contribution in [1.29, 1.82) is 0 Å². The SMILES string of the molecule is COC(=O)c1ccc(C(=O)OCC(=O)N(C)[C@@H](C)c2nc3ccccc3s2)cc1. The molecular formula is C21H20N2O5S. The molecule has 0 aliphatic heterocycles. The second kappa shape index (κ2) is 8.83. The Kier molecular flexibility index (Phi) is 6.23. The third-order valence-electron chi connectivity index (χ3n) is 4.51. The first-order chi connectivity index (χ1) is 13.9. The molecule has 3 aromatic rings. The lowest BCUT2D eigenvalue weighted by Gasteiger charge is -2.23. The fraction of sp³-hybridized carbons (Fsp3) is 0.238. The van der Waals surface area contributed by atoms with Gasteiger partial charge in [-0.25, -0.2) is 14.6 Å². The van der Waals surface area contributed by atoms with Crippen molar-refractivity contribution in [2.75, 3.05) is 20.8 Å². The topological polar surface area (TPSA) is 85.8 Å². The Labute approximate surface area is 171 Å². The third-order valence-corrected chi connectivity index (χ3v) is 5.72. The van der Waals surface area contributed by atoms with Crippen molar-refractivity contribution in [1.82, 2.24) is 9.88 Å². The van der Waals surface area contributed by atoms with Gasteiger partial charge in [-0.05, 0) is 43.3 Å². The van der Waals surface area contributed by atoms with E-state index in [1.807, 2.05) is 31.2 Å². The van der Waals surface area contributed by atoms with E-state index in [4.69, 9.17) is 4.74 Å². The van der Waals surface area contributed by atoms with E-state index in [0.717, 1.165) is 15.2 Å². The summed E-state index contributed by atoms with van der Waals surface area (Å²) < 4.78 is 10.8. The van der Waals surface area contributed by atoms with Crippen LogP contribution in [0.15, 0.2) is 48.5 Å². The molecule has 0 saturated carbocycles. The number of rotatable bonds is 6. The second-order valence-electron chi connectivity index (χ2n) is 6.35. The summed E-state index contributed by atoms with van der Waals surface area (Å²) >= 11 is 1.53. The molecule has 0 unspecified atom stereocenters. The number of esters is 2. The number of para-hydroxylation sites is 1. The number of thiazole rings is 1. The van der Waals surface area contributed by atoms with Crippen LogP contribution in [0.4, 0.5) is 0 Å². The Balaban J connectivity index is 1.59. The number of benzene rings is 2. The minimum Gasteiger partial charge on any atom is -0.465 e. The Bertz CT molecular complexity index is 1010. The Hall–Kier alpha value is -3.26. The van der Waals surface area contributed by atoms with E-state index >= 15 is 0 Å². The van der Waals surface area contributed by atoms with Gasteiger partial charge in [-0.15, -0.1) is 11.3 Å². The molecule has 1 atom stereocenters. The van der Waals surface area contributed by atoms with Gasteiger partial charge in [-0.1, -0.05) is 12.1 Å². The standard InChI is InChI=1S/C21H20N2O5S/c1-13(19-22-16-6-4-5-7-17(16)29-19)23(2)18(24)12-28-21(26)15-10-8-14(9-11-15)20(25)27-3/h4-11,13H,12H2,1-3H3/t13-/m0/s1. The number of aromatic nitrogens is 1. The van der Waals surface area contributed by atoms with Crippen LogP contribution in [-0.2, 0) is 14.3 Å². The molecule has 0 spiro atoms. The largest absolute Gasteiger partial charge is 0.465 e. The van der Waals surface area contributed by atoms with Gasteiger partial charge in [-0.2, -0.15) is 0 Å². The summed E-state index contributed by atoms with van der Waals surface area (Å²) in [5, 5.41) is 0.812. The van der Waals surface area contributed by atoms with Crippen LogP contribution in [0.5, 0.6) is 0 Å². The maximum Gasteiger partial charge on any atom is 0.338 e. The summed E-state index contributed by atoms with van der Waals surface area (Å²) in [7, 11) is 2.93. The predicted octanol–water partition coefficient (Wildman–Crippen LogP) is 3.46. The summed E-state index contributed by atoms with van der Waals surface area (Å²) in [4.78, 5) is 42.1. The first-order valence-electron chi connectivity index (χ1n) is 8.87. The first kappa shape index (κ1) is 20.5. The maximum absolute atomic E-state index is 12.5. The van der Waals surface area contributed by atoms with Crippen molar-refractivity contribution in [2.24, 2.45) is 0 Å². The van der Waals surface area contributed by atoms with Gasteiger partial charge in [0, 0.05) is 7.05 Å².